The second-order valence-electron chi connectivity index (χ2n) is 3.50. The van der Waals surface area contributed by atoms with Crippen LogP contribution in [0.3, 0.4) is 0 Å². The maximum Gasteiger partial charge on any atom is 0.335 e. The molecule has 0 saturated heterocycles. The first kappa shape index (κ1) is 13.9. The van der Waals surface area contributed by atoms with Gasteiger partial charge in [-0.25, -0.2) is 4.79 Å². The van der Waals surface area contributed by atoms with Gasteiger partial charge in [0.05, 0.1) is 29.7 Å². The highest BCUT2D eigenvalue weighted by atomic mass is 16.6. The molecule has 0 aliphatic carbocycles. The number of benzene rings is 1. The lowest BCUT2D eigenvalue weighted by atomic mass is 10.1. The zero-order valence-electron chi connectivity index (χ0n) is 9.24. The number of carboxylic acids is 1. The molecular formula is C10H12N2O6. The van der Waals surface area contributed by atoms with E-state index in [1.807, 2.05) is 0 Å². The number of nitrogens with one attached hydrogen (secondary N) is 1. The molecule has 0 amide bonds. The molecule has 0 fully saturated rings. The summed E-state index contributed by atoms with van der Waals surface area (Å²) in [6.07, 6.45) is 0. The summed E-state index contributed by atoms with van der Waals surface area (Å²) in [5.74, 6) is -1.27. The average molecular weight is 256 g/mol. The molecule has 8 nitrogen and oxygen atoms in total. The largest absolute Gasteiger partial charge is 0.478 e. The van der Waals surface area contributed by atoms with E-state index in [0.717, 1.165) is 6.07 Å². The van der Waals surface area contributed by atoms with Gasteiger partial charge in [-0.05, 0) is 12.1 Å². The monoisotopic (exact) mass is 256 g/mol. The van der Waals surface area contributed by atoms with E-state index >= 15 is 0 Å². The van der Waals surface area contributed by atoms with Crippen molar-refractivity contribution in [2.45, 2.75) is 6.04 Å². The molecule has 1 rings (SSSR count). The minimum atomic E-state index is -1.27. The van der Waals surface area contributed by atoms with E-state index in [4.69, 9.17) is 15.3 Å². The van der Waals surface area contributed by atoms with Crippen LogP contribution in [0.2, 0.25) is 0 Å². The zero-order valence-corrected chi connectivity index (χ0v) is 9.24. The molecule has 18 heavy (non-hydrogen) atoms. The van der Waals surface area contributed by atoms with Crippen molar-refractivity contribution in [2.24, 2.45) is 0 Å². The number of aromatic carboxylic acids is 1. The number of nitro benzene ring substituents is 1. The highest BCUT2D eigenvalue weighted by Gasteiger charge is 2.19. The van der Waals surface area contributed by atoms with Crippen molar-refractivity contribution >= 4 is 17.3 Å². The number of carbonyl (C=O) groups is 1. The first-order valence-electron chi connectivity index (χ1n) is 4.99. The van der Waals surface area contributed by atoms with Crippen LogP contribution in [0.5, 0.6) is 0 Å². The van der Waals surface area contributed by atoms with Gasteiger partial charge in [-0.15, -0.1) is 0 Å². The first-order valence-corrected chi connectivity index (χ1v) is 4.99. The van der Waals surface area contributed by atoms with Gasteiger partial charge in [-0.1, -0.05) is 0 Å². The van der Waals surface area contributed by atoms with Crippen molar-refractivity contribution in [1.29, 1.82) is 0 Å². The van der Waals surface area contributed by atoms with E-state index in [1.165, 1.54) is 12.1 Å². The van der Waals surface area contributed by atoms with E-state index in [1.54, 1.807) is 0 Å². The Kier molecular flexibility index (Phi) is 4.58. The van der Waals surface area contributed by atoms with Gasteiger partial charge >= 0.3 is 5.97 Å². The highest BCUT2D eigenvalue weighted by Crippen LogP contribution is 2.26. The molecule has 0 aliphatic rings. The Morgan fingerprint density at radius 1 is 1.39 bits per heavy atom. The molecule has 4 N–H and O–H groups in total. The van der Waals surface area contributed by atoms with Gasteiger partial charge in [-0.2, -0.15) is 0 Å². The van der Waals surface area contributed by atoms with Crippen LogP contribution >= 0.6 is 0 Å². The maximum atomic E-state index is 10.8. The Balaban J connectivity index is 3.11. The third kappa shape index (κ3) is 3.15. The predicted molar refractivity (Wildman–Crippen MR) is 61.6 cm³/mol. The smallest absolute Gasteiger partial charge is 0.335 e. The van der Waals surface area contributed by atoms with Crippen molar-refractivity contribution in [2.75, 3.05) is 18.5 Å². The number of aliphatic hydroxyl groups excluding tert-OH is 2. The Bertz CT molecular complexity index is 458. The Morgan fingerprint density at radius 3 is 2.44 bits per heavy atom. The molecule has 0 radical (unpaired) electrons. The second-order valence-corrected chi connectivity index (χ2v) is 3.50. The van der Waals surface area contributed by atoms with Crippen molar-refractivity contribution in [1.82, 2.24) is 0 Å². The quantitative estimate of drug-likeness (QED) is 0.417. The van der Waals surface area contributed by atoms with Crippen LogP contribution in [0.4, 0.5) is 11.4 Å². The van der Waals surface area contributed by atoms with Crippen LogP contribution in [-0.4, -0.2) is 45.5 Å². The van der Waals surface area contributed by atoms with E-state index in [-0.39, 0.29) is 11.3 Å². The van der Waals surface area contributed by atoms with Crippen LogP contribution in [0.15, 0.2) is 18.2 Å². The van der Waals surface area contributed by atoms with Gasteiger partial charge < -0.3 is 20.6 Å². The maximum absolute atomic E-state index is 10.8. The Labute approximate surface area is 102 Å². The summed E-state index contributed by atoms with van der Waals surface area (Å²) in [5, 5.41) is 39.8. The molecule has 1 aromatic carbocycles. The fraction of sp³-hybridized carbons (Fsp3) is 0.300. The molecule has 8 heteroatoms. The van der Waals surface area contributed by atoms with Gasteiger partial charge in [0.2, 0.25) is 0 Å². The number of anilines is 1. The van der Waals surface area contributed by atoms with E-state index in [2.05, 4.69) is 5.32 Å². The summed E-state index contributed by atoms with van der Waals surface area (Å²) in [7, 11) is 0. The first-order chi connectivity index (χ1) is 8.49. The number of hydrogen-bond donors (Lipinski definition) is 4. The van der Waals surface area contributed by atoms with Crippen LogP contribution in [-0.2, 0) is 0 Å². The number of carboxylic acid groups (broad SMARTS) is 1. The molecular weight excluding hydrogens is 244 g/mol. The Morgan fingerprint density at radius 2 is 2.00 bits per heavy atom. The fourth-order valence-corrected chi connectivity index (χ4v) is 1.31. The van der Waals surface area contributed by atoms with E-state index in [0.29, 0.717) is 0 Å². The summed E-state index contributed by atoms with van der Waals surface area (Å²) in [4.78, 5) is 20.8. The standard InChI is InChI=1S/C10H12N2O6/c13-4-7(5-14)11-8-2-1-6(10(15)16)3-9(8)12(17)18/h1-3,7,11,13-14H,4-5H2,(H,15,16). The van der Waals surface area contributed by atoms with Crippen LogP contribution < -0.4 is 5.32 Å². The van der Waals surface area contributed by atoms with Gasteiger partial charge in [-0.3, -0.25) is 10.1 Å². The minimum absolute atomic E-state index is 0.0399. The van der Waals surface area contributed by atoms with Gasteiger partial charge in [0, 0.05) is 6.07 Å². The topological polar surface area (TPSA) is 133 Å². The molecule has 1 aromatic rings. The molecule has 0 heterocycles. The minimum Gasteiger partial charge on any atom is -0.478 e. The van der Waals surface area contributed by atoms with Gasteiger partial charge in [0.15, 0.2) is 0 Å². The van der Waals surface area contributed by atoms with Crippen LogP contribution in [0.1, 0.15) is 10.4 Å². The summed E-state index contributed by atoms with van der Waals surface area (Å²) in [5.41, 5.74) is -0.600. The zero-order chi connectivity index (χ0) is 13.7. The van der Waals surface area contributed by atoms with Gasteiger partial charge in [0.1, 0.15) is 5.69 Å². The summed E-state index contributed by atoms with van der Waals surface area (Å²) < 4.78 is 0. The summed E-state index contributed by atoms with van der Waals surface area (Å²) >= 11 is 0. The number of aliphatic hydroxyl groups is 2. The molecule has 0 spiro atoms. The van der Waals surface area contributed by atoms with Crippen molar-refractivity contribution < 1.29 is 25.0 Å². The number of rotatable bonds is 6. The van der Waals surface area contributed by atoms with Crippen molar-refractivity contribution in [3.05, 3.63) is 33.9 Å². The van der Waals surface area contributed by atoms with Crippen LogP contribution in [0.25, 0.3) is 0 Å². The lowest BCUT2D eigenvalue weighted by Gasteiger charge is -2.14. The second kappa shape index (κ2) is 5.94. The molecule has 0 aromatic heterocycles. The molecule has 0 bridgehead atoms. The van der Waals surface area contributed by atoms with Crippen LogP contribution in [0, 0.1) is 10.1 Å². The molecule has 0 saturated carbocycles. The lowest BCUT2D eigenvalue weighted by Crippen LogP contribution is -2.28. The molecule has 0 aliphatic heterocycles. The van der Waals surface area contributed by atoms with E-state index in [9.17, 15) is 14.9 Å². The summed E-state index contributed by atoms with van der Waals surface area (Å²) in [6.45, 7) is -0.817. The Hall–Kier alpha value is -2.19. The fourth-order valence-electron chi connectivity index (χ4n) is 1.31. The average Bonchev–Trinajstić information content (AvgIpc) is 2.35. The SMILES string of the molecule is O=C(O)c1ccc(NC(CO)CO)c([N+](=O)[O-])c1. The molecule has 0 unspecified atom stereocenters. The predicted octanol–water partition coefficient (Wildman–Crippen LogP) is 0.0581. The third-order valence-corrected chi connectivity index (χ3v) is 2.24. The number of nitro groups is 1. The van der Waals surface area contributed by atoms with Gasteiger partial charge in [0.25, 0.3) is 5.69 Å². The third-order valence-electron chi connectivity index (χ3n) is 2.24. The van der Waals surface area contributed by atoms with Crippen molar-refractivity contribution in [3.63, 3.8) is 0 Å². The number of nitrogens with zero attached hydrogens (tertiary/aromatic N) is 1. The normalized spacial score (nSPS) is 10.4. The molecule has 98 valence electrons. The lowest BCUT2D eigenvalue weighted by molar-refractivity contribution is -0.384. The molecule has 0 atom stereocenters. The highest BCUT2D eigenvalue weighted by molar-refractivity contribution is 5.89. The number of hydrogen-bond acceptors (Lipinski definition) is 6. The summed E-state index contributed by atoms with van der Waals surface area (Å²) in [6, 6.07) is 2.58. The van der Waals surface area contributed by atoms with E-state index < -0.39 is 35.8 Å². The van der Waals surface area contributed by atoms with Crippen molar-refractivity contribution in [3.8, 4) is 0 Å².